The Morgan fingerprint density at radius 1 is 1.14 bits per heavy atom. The van der Waals surface area contributed by atoms with Gasteiger partial charge < -0.3 is 4.98 Å². The van der Waals surface area contributed by atoms with E-state index in [1.807, 2.05) is 0 Å². The van der Waals surface area contributed by atoms with E-state index in [-0.39, 0.29) is 4.90 Å². The number of fused-ring (bicyclic) bond motifs is 3. The molecule has 22 heavy (non-hydrogen) atoms. The minimum atomic E-state index is -3.71. The zero-order valence-electron chi connectivity index (χ0n) is 11.1. The standard InChI is InChI=1S/C14H9BrN4O2S/c15-10-7-19(22(20,21)9-4-2-1-3-5-9)14-12(10)13-11(6-16-14)17-8-18-13/h1-8H,(H,17,18). The Hall–Kier alpha value is -2.19. The number of aromatic amines is 1. The van der Waals surface area contributed by atoms with Crippen LogP contribution in [0.5, 0.6) is 0 Å². The summed E-state index contributed by atoms with van der Waals surface area (Å²) in [6.45, 7) is 0. The first-order valence-electron chi connectivity index (χ1n) is 6.38. The van der Waals surface area contributed by atoms with E-state index >= 15 is 0 Å². The third-order valence-corrected chi connectivity index (χ3v) is 5.69. The van der Waals surface area contributed by atoms with Crippen molar-refractivity contribution in [3.8, 4) is 0 Å². The van der Waals surface area contributed by atoms with Crippen LogP contribution in [0.2, 0.25) is 0 Å². The van der Waals surface area contributed by atoms with E-state index in [9.17, 15) is 8.42 Å². The van der Waals surface area contributed by atoms with Crippen molar-refractivity contribution in [3.63, 3.8) is 0 Å². The number of imidazole rings is 1. The smallest absolute Gasteiger partial charge is 0.269 e. The molecule has 0 atom stereocenters. The SMILES string of the molecule is O=S(=O)(c1ccccc1)n1cc(Br)c2c3nc[nH]c3cnc21. The Morgan fingerprint density at radius 3 is 2.68 bits per heavy atom. The number of nitrogens with one attached hydrogen (secondary N) is 1. The molecule has 0 saturated heterocycles. The van der Waals surface area contributed by atoms with E-state index in [0.29, 0.717) is 21.0 Å². The van der Waals surface area contributed by atoms with E-state index < -0.39 is 10.0 Å². The van der Waals surface area contributed by atoms with Crippen molar-refractivity contribution in [2.75, 3.05) is 0 Å². The monoisotopic (exact) mass is 376 g/mol. The molecule has 0 aliphatic rings. The highest BCUT2D eigenvalue weighted by Crippen LogP contribution is 2.32. The normalized spacial score (nSPS) is 12.2. The minimum Gasteiger partial charge on any atom is -0.343 e. The summed E-state index contributed by atoms with van der Waals surface area (Å²) in [6.07, 6.45) is 4.64. The molecule has 0 unspecified atom stereocenters. The number of pyridine rings is 1. The molecule has 0 spiro atoms. The Labute approximate surface area is 134 Å². The molecule has 0 aliphatic heterocycles. The topological polar surface area (TPSA) is 80.6 Å². The third-order valence-electron chi connectivity index (χ3n) is 3.42. The first-order valence-corrected chi connectivity index (χ1v) is 8.61. The van der Waals surface area contributed by atoms with Crippen molar-refractivity contribution < 1.29 is 8.42 Å². The van der Waals surface area contributed by atoms with Crippen LogP contribution in [0.4, 0.5) is 0 Å². The summed E-state index contributed by atoms with van der Waals surface area (Å²) >= 11 is 3.41. The Bertz CT molecular complexity index is 1100. The maximum Gasteiger partial charge on any atom is 0.269 e. The summed E-state index contributed by atoms with van der Waals surface area (Å²) < 4.78 is 27.4. The van der Waals surface area contributed by atoms with Gasteiger partial charge in [0.05, 0.1) is 28.3 Å². The molecule has 0 fully saturated rings. The van der Waals surface area contributed by atoms with E-state index in [0.717, 1.165) is 5.52 Å². The van der Waals surface area contributed by atoms with Crippen LogP contribution in [0.1, 0.15) is 0 Å². The maximum absolute atomic E-state index is 12.8. The van der Waals surface area contributed by atoms with Gasteiger partial charge in [0.15, 0.2) is 5.65 Å². The third kappa shape index (κ3) is 1.80. The molecule has 0 aliphatic carbocycles. The van der Waals surface area contributed by atoms with Gasteiger partial charge in [-0.05, 0) is 28.1 Å². The quantitative estimate of drug-likeness (QED) is 0.583. The predicted octanol–water partition coefficient (Wildman–Crippen LogP) is 2.91. The number of hydrogen-bond acceptors (Lipinski definition) is 4. The number of H-pyrrole nitrogens is 1. The van der Waals surface area contributed by atoms with E-state index in [1.165, 1.54) is 10.2 Å². The largest absolute Gasteiger partial charge is 0.343 e. The molecule has 1 N–H and O–H groups in total. The van der Waals surface area contributed by atoms with Crippen molar-refractivity contribution in [3.05, 3.63) is 53.5 Å². The molecule has 0 bridgehead atoms. The molecule has 4 rings (SSSR count). The molecule has 0 amide bonds. The molecule has 3 heterocycles. The Balaban J connectivity index is 2.08. The summed E-state index contributed by atoms with van der Waals surface area (Å²) in [5.74, 6) is 0. The van der Waals surface area contributed by atoms with Crippen molar-refractivity contribution >= 4 is 48.0 Å². The van der Waals surface area contributed by atoms with Crippen LogP contribution >= 0.6 is 15.9 Å². The van der Waals surface area contributed by atoms with Gasteiger partial charge in [0, 0.05) is 10.7 Å². The fraction of sp³-hybridized carbons (Fsp3) is 0. The summed E-state index contributed by atoms with van der Waals surface area (Å²) in [5, 5.41) is 0.665. The van der Waals surface area contributed by atoms with Gasteiger partial charge in [0.25, 0.3) is 10.0 Å². The Morgan fingerprint density at radius 2 is 1.91 bits per heavy atom. The second-order valence-electron chi connectivity index (χ2n) is 4.71. The predicted molar refractivity (Wildman–Crippen MR) is 86.1 cm³/mol. The highest BCUT2D eigenvalue weighted by atomic mass is 79.9. The number of rotatable bonds is 2. The first-order chi connectivity index (χ1) is 10.6. The van der Waals surface area contributed by atoms with Crippen molar-refractivity contribution in [2.45, 2.75) is 4.90 Å². The van der Waals surface area contributed by atoms with Crippen LogP contribution < -0.4 is 0 Å². The summed E-state index contributed by atoms with van der Waals surface area (Å²) in [7, 11) is -3.71. The van der Waals surface area contributed by atoms with Crippen LogP contribution in [-0.4, -0.2) is 27.3 Å². The van der Waals surface area contributed by atoms with E-state index in [2.05, 4.69) is 30.9 Å². The number of halogens is 1. The van der Waals surface area contributed by atoms with Crippen LogP contribution in [-0.2, 0) is 10.0 Å². The van der Waals surface area contributed by atoms with Crippen LogP contribution in [0, 0.1) is 0 Å². The molecule has 0 saturated carbocycles. The zero-order valence-corrected chi connectivity index (χ0v) is 13.5. The molecule has 3 aromatic heterocycles. The van der Waals surface area contributed by atoms with Gasteiger partial charge >= 0.3 is 0 Å². The molecular weight excluding hydrogens is 368 g/mol. The molecule has 4 aromatic rings. The summed E-state index contributed by atoms with van der Waals surface area (Å²) in [4.78, 5) is 11.7. The number of benzene rings is 1. The van der Waals surface area contributed by atoms with Gasteiger partial charge in [-0.1, -0.05) is 18.2 Å². The fourth-order valence-electron chi connectivity index (χ4n) is 2.40. The maximum atomic E-state index is 12.8. The van der Waals surface area contributed by atoms with Crippen molar-refractivity contribution in [1.82, 2.24) is 18.9 Å². The molecule has 1 aromatic carbocycles. The molecule has 6 nitrogen and oxygen atoms in total. The lowest BCUT2D eigenvalue weighted by molar-refractivity contribution is 0.588. The molecular formula is C14H9BrN4O2S. The van der Waals surface area contributed by atoms with E-state index in [1.54, 1.807) is 42.9 Å². The van der Waals surface area contributed by atoms with Crippen LogP contribution in [0.15, 0.2) is 58.4 Å². The highest BCUT2D eigenvalue weighted by Gasteiger charge is 2.23. The molecule has 110 valence electrons. The average Bonchev–Trinajstić information content (AvgIpc) is 3.12. The van der Waals surface area contributed by atoms with Crippen LogP contribution in [0.25, 0.3) is 22.1 Å². The van der Waals surface area contributed by atoms with Crippen LogP contribution in [0.3, 0.4) is 0 Å². The zero-order chi connectivity index (χ0) is 15.3. The van der Waals surface area contributed by atoms with Gasteiger partial charge in [0.2, 0.25) is 0 Å². The van der Waals surface area contributed by atoms with Gasteiger partial charge in [-0.3, -0.25) is 0 Å². The van der Waals surface area contributed by atoms with Gasteiger partial charge in [-0.25, -0.2) is 22.4 Å². The summed E-state index contributed by atoms with van der Waals surface area (Å²) in [6, 6.07) is 8.26. The average molecular weight is 377 g/mol. The minimum absolute atomic E-state index is 0.211. The lowest BCUT2D eigenvalue weighted by atomic mass is 10.3. The highest BCUT2D eigenvalue weighted by molar-refractivity contribution is 9.10. The van der Waals surface area contributed by atoms with E-state index in [4.69, 9.17) is 0 Å². The second kappa shape index (κ2) is 4.65. The number of hydrogen-bond donors (Lipinski definition) is 1. The van der Waals surface area contributed by atoms with Crippen molar-refractivity contribution in [2.24, 2.45) is 0 Å². The van der Waals surface area contributed by atoms with Gasteiger partial charge in [-0.2, -0.15) is 0 Å². The lowest BCUT2D eigenvalue weighted by Crippen LogP contribution is -2.12. The van der Waals surface area contributed by atoms with Crippen molar-refractivity contribution in [1.29, 1.82) is 0 Å². The Kier molecular flexibility index (Phi) is 2.85. The van der Waals surface area contributed by atoms with Gasteiger partial charge in [-0.15, -0.1) is 0 Å². The fourth-order valence-corrected chi connectivity index (χ4v) is 4.45. The van der Waals surface area contributed by atoms with Gasteiger partial charge in [0.1, 0.15) is 5.52 Å². The summed E-state index contributed by atoms with van der Waals surface area (Å²) in [5.41, 5.74) is 1.78. The lowest BCUT2D eigenvalue weighted by Gasteiger charge is -2.06. The number of aromatic nitrogens is 4. The number of nitrogens with zero attached hydrogens (tertiary/aromatic N) is 3. The first kappa shape index (κ1) is 13.5. The molecule has 0 radical (unpaired) electrons. The molecule has 8 heteroatoms. The second-order valence-corrected chi connectivity index (χ2v) is 7.38.